The summed E-state index contributed by atoms with van der Waals surface area (Å²) < 4.78 is 24.8. The zero-order valence-corrected chi connectivity index (χ0v) is 24.1. The van der Waals surface area contributed by atoms with E-state index in [0.717, 1.165) is 26.5 Å². The van der Waals surface area contributed by atoms with Crippen molar-refractivity contribution >= 4 is 44.5 Å². The van der Waals surface area contributed by atoms with Crippen LogP contribution in [0.2, 0.25) is 0 Å². The topological polar surface area (TPSA) is 104 Å². The second kappa shape index (κ2) is 10.3. The normalized spacial score (nSPS) is 11.3. The van der Waals surface area contributed by atoms with Crippen LogP contribution in [0, 0.1) is 6.92 Å². The molecule has 0 unspecified atom stereocenters. The van der Waals surface area contributed by atoms with Gasteiger partial charge >= 0.3 is 0 Å². The van der Waals surface area contributed by atoms with Gasteiger partial charge in [-0.1, -0.05) is 12.1 Å². The van der Waals surface area contributed by atoms with Gasteiger partial charge in [-0.3, -0.25) is 4.79 Å². The highest BCUT2D eigenvalue weighted by Crippen LogP contribution is 2.38. The number of aryl methyl sites for hydroxylation is 1. The summed E-state index contributed by atoms with van der Waals surface area (Å²) in [5.41, 5.74) is 3.70. The molecule has 0 aliphatic carbocycles. The summed E-state index contributed by atoms with van der Waals surface area (Å²) in [6, 6.07) is 13.1. The monoisotopic (exact) mass is 575 g/mol. The van der Waals surface area contributed by atoms with Crippen LogP contribution >= 0.6 is 22.7 Å². The van der Waals surface area contributed by atoms with Crippen molar-refractivity contribution in [3.63, 3.8) is 0 Å². The van der Waals surface area contributed by atoms with E-state index in [1.54, 1.807) is 55.3 Å². The number of rotatable bonds is 8. The number of hydrogen-bond donors (Lipinski definition) is 0. The molecule has 6 rings (SSSR count). The van der Waals surface area contributed by atoms with Crippen LogP contribution in [0.4, 0.5) is 0 Å². The number of aromatic nitrogens is 4. The van der Waals surface area contributed by atoms with E-state index in [9.17, 15) is 4.79 Å². The van der Waals surface area contributed by atoms with Crippen LogP contribution < -0.4 is 14.2 Å². The highest BCUT2D eigenvalue weighted by atomic mass is 32.1. The van der Waals surface area contributed by atoms with Crippen molar-refractivity contribution in [3.05, 3.63) is 64.8 Å². The molecular formula is C28H25N5O5S2. The number of nitrogens with zero attached hydrogens (tertiary/aromatic N) is 5. The van der Waals surface area contributed by atoms with Crippen LogP contribution in [0.5, 0.6) is 16.7 Å². The average Bonchev–Trinajstić information content (AvgIpc) is 3.73. The second-order valence-corrected chi connectivity index (χ2v) is 11.3. The molecule has 40 heavy (non-hydrogen) atoms. The minimum absolute atomic E-state index is 0.0346. The Morgan fingerprint density at radius 2 is 1.85 bits per heavy atom. The number of furan rings is 1. The molecule has 204 valence electrons. The van der Waals surface area contributed by atoms with Gasteiger partial charge in [0.2, 0.25) is 4.96 Å². The van der Waals surface area contributed by atoms with Crippen LogP contribution in [-0.4, -0.2) is 58.7 Å². The van der Waals surface area contributed by atoms with E-state index in [1.807, 2.05) is 49.4 Å². The van der Waals surface area contributed by atoms with E-state index < -0.39 is 0 Å². The third kappa shape index (κ3) is 4.75. The number of amides is 1. The van der Waals surface area contributed by atoms with Gasteiger partial charge in [0.15, 0.2) is 5.76 Å². The number of hydrogen-bond acceptors (Lipinski definition) is 10. The molecule has 0 bridgehead atoms. The van der Waals surface area contributed by atoms with E-state index in [4.69, 9.17) is 23.6 Å². The molecule has 0 saturated carbocycles. The first-order valence-electron chi connectivity index (χ1n) is 12.3. The van der Waals surface area contributed by atoms with Crippen molar-refractivity contribution in [1.29, 1.82) is 0 Å². The fraction of sp³-hybridized carbons (Fsp3) is 0.214. The molecule has 0 radical (unpaired) electrons. The average molecular weight is 576 g/mol. The van der Waals surface area contributed by atoms with Crippen molar-refractivity contribution < 1.29 is 23.4 Å². The first-order chi connectivity index (χ1) is 19.3. The Kier molecular flexibility index (Phi) is 6.64. The highest BCUT2D eigenvalue weighted by Gasteiger charge is 2.18. The lowest BCUT2D eigenvalue weighted by Gasteiger charge is -2.10. The molecule has 12 heteroatoms. The largest absolute Gasteiger partial charge is 0.496 e. The number of imidazole rings is 1. The van der Waals surface area contributed by atoms with Gasteiger partial charge < -0.3 is 23.5 Å². The van der Waals surface area contributed by atoms with Crippen molar-refractivity contribution in [1.82, 2.24) is 24.5 Å². The lowest BCUT2D eigenvalue weighted by molar-refractivity contribution is 0.0827. The maximum absolute atomic E-state index is 12.2. The molecule has 4 heterocycles. The first kappa shape index (κ1) is 25.8. The molecule has 6 aromatic rings. The second-order valence-electron chi connectivity index (χ2n) is 9.16. The standard InChI is InChI=1S/C28H25N5O5S2/c1-15-21(29-25(39-15)16-6-8-17(9-7-16)26(34)32(2)3)14-37-22-10-18(35-4)11-23-19(22)12-24(38-23)20-13-33-27(30-20)40-28(31-33)36-5/h6-13H,14H2,1-5H3. The molecular weight excluding hydrogens is 550 g/mol. The molecule has 0 saturated heterocycles. The third-order valence-electron chi connectivity index (χ3n) is 6.30. The Labute approximate surface area is 237 Å². The summed E-state index contributed by atoms with van der Waals surface area (Å²) in [4.78, 5) is 25.0. The van der Waals surface area contributed by atoms with Gasteiger partial charge in [-0.05, 0) is 36.5 Å². The Morgan fingerprint density at radius 3 is 2.55 bits per heavy atom. The molecule has 0 spiro atoms. The molecule has 0 aliphatic heterocycles. The predicted molar refractivity (Wildman–Crippen MR) is 154 cm³/mol. The number of thiazole rings is 1. The minimum Gasteiger partial charge on any atom is -0.496 e. The van der Waals surface area contributed by atoms with Gasteiger partial charge in [-0.25, -0.2) is 14.5 Å². The fourth-order valence-electron chi connectivity index (χ4n) is 4.17. The van der Waals surface area contributed by atoms with Gasteiger partial charge in [-0.15, -0.1) is 16.4 Å². The molecule has 0 atom stereocenters. The van der Waals surface area contributed by atoms with E-state index in [-0.39, 0.29) is 12.5 Å². The van der Waals surface area contributed by atoms with E-state index >= 15 is 0 Å². The summed E-state index contributed by atoms with van der Waals surface area (Å²) in [7, 11) is 6.66. The maximum Gasteiger partial charge on any atom is 0.294 e. The first-order valence-corrected chi connectivity index (χ1v) is 13.9. The van der Waals surface area contributed by atoms with E-state index in [1.165, 1.54) is 11.3 Å². The van der Waals surface area contributed by atoms with Crippen molar-refractivity contribution in [2.75, 3.05) is 28.3 Å². The van der Waals surface area contributed by atoms with Crippen molar-refractivity contribution in [3.8, 4) is 38.7 Å². The molecule has 0 aliphatic rings. The Balaban J connectivity index is 1.26. The van der Waals surface area contributed by atoms with Crippen LogP contribution in [0.1, 0.15) is 20.9 Å². The number of carbonyl (C=O) groups is 1. The molecule has 4 aromatic heterocycles. The van der Waals surface area contributed by atoms with E-state index in [0.29, 0.717) is 44.3 Å². The quantitative estimate of drug-likeness (QED) is 0.220. The SMILES string of the molecule is COc1cc(OCc2nc(-c3ccc(C(=O)N(C)C)cc3)sc2C)c2cc(-c3cn4nc(OC)sc4n3)oc2c1. The predicted octanol–water partition coefficient (Wildman–Crippen LogP) is 5.93. The summed E-state index contributed by atoms with van der Waals surface area (Å²) >= 11 is 2.94. The van der Waals surface area contributed by atoms with Gasteiger partial charge in [-0.2, -0.15) is 0 Å². The summed E-state index contributed by atoms with van der Waals surface area (Å²) in [6.07, 6.45) is 1.80. The van der Waals surface area contributed by atoms with Crippen LogP contribution in [0.25, 0.3) is 38.0 Å². The van der Waals surface area contributed by atoms with Crippen molar-refractivity contribution in [2.24, 2.45) is 0 Å². The van der Waals surface area contributed by atoms with E-state index in [2.05, 4.69) is 10.1 Å². The van der Waals surface area contributed by atoms with Gasteiger partial charge in [0.1, 0.15) is 34.4 Å². The molecule has 1 amide bonds. The number of ether oxygens (including phenoxy) is 3. The third-order valence-corrected chi connectivity index (χ3v) is 8.25. The molecule has 0 fully saturated rings. The Bertz CT molecular complexity index is 1820. The Morgan fingerprint density at radius 1 is 1.05 bits per heavy atom. The smallest absolute Gasteiger partial charge is 0.294 e. The van der Waals surface area contributed by atoms with Crippen molar-refractivity contribution in [2.45, 2.75) is 13.5 Å². The van der Waals surface area contributed by atoms with Gasteiger partial charge in [0.25, 0.3) is 11.1 Å². The zero-order chi connectivity index (χ0) is 28.0. The minimum atomic E-state index is -0.0346. The summed E-state index contributed by atoms with van der Waals surface area (Å²) in [6.45, 7) is 2.29. The van der Waals surface area contributed by atoms with Gasteiger partial charge in [0, 0.05) is 42.2 Å². The van der Waals surface area contributed by atoms with Crippen LogP contribution in [0.3, 0.4) is 0 Å². The number of carbonyl (C=O) groups excluding carboxylic acids is 1. The lowest BCUT2D eigenvalue weighted by Crippen LogP contribution is -2.21. The molecule has 2 aromatic carbocycles. The number of methoxy groups -OCH3 is 2. The maximum atomic E-state index is 12.2. The number of fused-ring (bicyclic) bond motifs is 2. The van der Waals surface area contributed by atoms with Crippen LogP contribution in [-0.2, 0) is 6.61 Å². The molecule has 0 N–H and O–H groups in total. The number of benzene rings is 2. The Hall–Kier alpha value is -4.42. The lowest BCUT2D eigenvalue weighted by atomic mass is 10.1. The van der Waals surface area contributed by atoms with Crippen LogP contribution in [0.15, 0.2) is 53.1 Å². The summed E-state index contributed by atoms with van der Waals surface area (Å²) in [5, 5.41) is 6.53. The molecule has 10 nitrogen and oxygen atoms in total. The zero-order valence-electron chi connectivity index (χ0n) is 22.4. The van der Waals surface area contributed by atoms with Gasteiger partial charge in [0.05, 0.1) is 31.5 Å². The fourth-order valence-corrected chi connectivity index (χ4v) is 5.80. The summed E-state index contributed by atoms with van der Waals surface area (Å²) in [5.74, 6) is 1.79. The highest BCUT2D eigenvalue weighted by molar-refractivity contribution is 7.18.